The van der Waals surface area contributed by atoms with E-state index in [4.69, 9.17) is 9.47 Å². The van der Waals surface area contributed by atoms with Gasteiger partial charge in [0, 0.05) is 13.7 Å². The summed E-state index contributed by atoms with van der Waals surface area (Å²) >= 11 is 0. The maximum atomic E-state index is 11.8. The van der Waals surface area contributed by atoms with E-state index in [1.807, 2.05) is 12.1 Å². The molecule has 1 aliphatic heterocycles. The van der Waals surface area contributed by atoms with Crippen molar-refractivity contribution in [2.75, 3.05) is 33.4 Å². The number of hydrogen-bond donors (Lipinski definition) is 1. The predicted octanol–water partition coefficient (Wildman–Crippen LogP) is 2.40. The summed E-state index contributed by atoms with van der Waals surface area (Å²) in [7, 11) is 1.62. The van der Waals surface area contributed by atoms with E-state index >= 15 is 0 Å². The number of methoxy groups -OCH3 is 1. The number of likely N-dealkylation sites (tertiary alicyclic amines) is 1. The van der Waals surface area contributed by atoms with Gasteiger partial charge in [-0.3, -0.25) is 0 Å². The zero-order valence-electron chi connectivity index (χ0n) is 13.3. The highest BCUT2D eigenvalue weighted by molar-refractivity contribution is 5.85. The molecule has 0 atom stereocenters. The number of carbonyl (C=O) groups excluding carboxylic acids is 1. The minimum Gasteiger partial charge on any atom is -0.383 e. The van der Waals surface area contributed by atoms with Gasteiger partial charge in [-0.2, -0.15) is 0 Å². The van der Waals surface area contributed by atoms with E-state index in [9.17, 15) is 4.79 Å². The molecule has 3 rings (SSSR count). The van der Waals surface area contributed by atoms with E-state index in [1.165, 1.54) is 16.3 Å². The average molecular weight is 314 g/mol. The van der Waals surface area contributed by atoms with Gasteiger partial charge in [0.1, 0.15) is 0 Å². The molecule has 0 aliphatic carbocycles. The second kappa shape index (κ2) is 7.44. The standard InChI is InChI=1S/C18H22N2O3/c1-22-10-9-19-18(21)20-11-16(12-20)23-13-15-7-4-6-14-5-2-3-8-17(14)15/h2-8,16H,9-13H2,1H3,(H,19,21). The molecule has 2 aromatic rings. The van der Waals surface area contributed by atoms with Gasteiger partial charge in [0.15, 0.2) is 0 Å². The molecule has 122 valence electrons. The molecule has 0 aromatic heterocycles. The molecule has 1 fully saturated rings. The Kier molecular flexibility index (Phi) is 5.10. The molecule has 0 unspecified atom stereocenters. The minimum absolute atomic E-state index is 0.0490. The van der Waals surface area contributed by atoms with Crippen LogP contribution in [0.25, 0.3) is 10.8 Å². The van der Waals surface area contributed by atoms with Crippen molar-refractivity contribution in [2.45, 2.75) is 12.7 Å². The van der Waals surface area contributed by atoms with Crippen LogP contribution in [0.4, 0.5) is 4.79 Å². The third kappa shape index (κ3) is 3.81. The number of benzene rings is 2. The van der Waals surface area contributed by atoms with Gasteiger partial charge in [-0.15, -0.1) is 0 Å². The number of nitrogens with one attached hydrogen (secondary N) is 1. The number of nitrogens with zero attached hydrogens (tertiary/aromatic N) is 1. The highest BCUT2D eigenvalue weighted by Gasteiger charge is 2.31. The van der Waals surface area contributed by atoms with E-state index in [0.29, 0.717) is 32.8 Å². The summed E-state index contributed by atoms with van der Waals surface area (Å²) in [4.78, 5) is 13.6. The summed E-state index contributed by atoms with van der Waals surface area (Å²) in [6.07, 6.45) is 0.113. The van der Waals surface area contributed by atoms with Gasteiger partial charge in [-0.25, -0.2) is 4.79 Å². The smallest absolute Gasteiger partial charge is 0.317 e. The topological polar surface area (TPSA) is 50.8 Å². The maximum Gasteiger partial charge on any atom is 0.317 e. The molecule has 23 heavy (non-hydrogen) atoms. The van der Waals surface area contributed by atoms with Crippen LogP contribution in [0.3, 0.4) is 0 Å². The Morgan fingerprint density at radius 3 is 2.83 bits per heavy atom. The highest BCUT2D eigenvalue weighted by Crippen LogP contribution is 2.21. The fraction of sp³-hybridized carbons (Fsp3) is 0.389. The molecule has 5 heteroatoms. The number of amides is 2. The maximum absolute atomic E-state index is 11.8. The van der Waals surface area contributed by atoms with Crippen molar-refractivity contribution in [1.29, 1.82) is 0 Å². The summed E-state index contributed by atoms with van der Waals surface area (Å²) in [6.45, 7) is 2.92. The Morgan fingerprint density at radius 2 is 2.00 bits per heavy atom. The monoisotopic (exact) mass is 314 g/mol. The Morgan fingerprint density at radius 1 is 1.22 bits per heavy atom. The van der Waals surface area contributed by atoms with Gasteiger partial charge in [0.2, 0.25) is 0 Å². The molecule has 1 N–H and O–H groups in total. The zero-order valence-corrected chi connectivity index (χ0v) is 13.3. The first kappa shape index (κ1) is 15.8. The third-order valence-corrected chi connectivity index (χ3v) is 4.07. The summed E-state index contributed by atoms with van der Waals surface area (Å²) in [5.74, 6) is 0. The summed E-state index contributed by atoms with van der Waals surface area (Å²) in [6, 6.07) is 14.5. The second-order valence-electron chi connectivity index (χ2n) is 5.70. The molecule has 1 aliphatic rings. The van der Waals surface area contributed by atoms with Gasteiger partial charge in [-0.1, -0.05) is 42.5 Å². The number of urea groups is 1. The number of rotatable bonds is 6. The highest BCUT2D eigenvalue weighted by atomic mass is 16.5. The summed E-state index contributed by atoms with van der Waals surface area (Å²) in [5.41, 5.74) is 1.19. The van der Waals surface area contributed by atoms with Crippen molar-refractivity contribution < 1.29 is 14.3 Å². The van der Waals surface area contributed by atoms with Crippen LogP contribution in [0.2, 0.25) is 0 Å². The van der Waals surface area contributed by atoms with Crippen molar-refractivity contribution in [2.24, 2.45) is 0 Å². The normalized spacial score (nSPS) is 14.7. The van der Waals surface area contributed by atoms with Gasteiger partial charge >= 0.3 is 6.03 Å². The fourth-order valence-electron chi connectivity index (χ4n) is 2.71. The molecule has 2 aromatic carbocycles. The number of hydrogen-bond acceptors (Lipinski definition) is 3. The van der Waals surface area contributed by atoms with E-state index in [2.05, 4.69) is 35.6 Å². The number of ether oxygens (including phenoxy) is 2. The molecule has 1 heterocycles. The van der Waals surface area contributed by atoms with E-state index in [1.54, 1.807) is 12.0 Å². The third-order valence-electron chi connectivity index (χ3n) is 4.07. The minimum atomic E-state index is -0.0490. The van der Waals surface area contributed by atoms with Crippen LogP contribution in [-0.2, 0) is 16.1 Å². The lowest BCUT2D eigenvalue weighted by Crippen LogP contribution is -2.57. The van der Waals surface area contributed by atoms with Crippen LogP contribution >= 0.6 is 0 Å². The van der Waals surface area contributed by atoms with Crippen LogP contribution in [0.15, 0.2) is 42.5 Å². The van der Waals surface area contributed by atoms with E-state index in [-0.39, 0.29) is 12.1 Å². The molecule has 0 spiro atoms. The van der Waals surface area contributed by atoms with Crippen LogP contribution in [0, 0.1) is 0 Å². The molecule has 1 saturated heterocycles. The first-order chi connectivity index (χ1) is 11.3. The molecule has 5 nitrogen and oxygen atoms in total. The van der Waals surface area contributed by atoms with Crippen LogP contribution in [0.5, 0.6) is 0 Å². The molecular formula is C18H22N2O3. The van der Waals surface area contributed by atoms with Gasteiger partial charge < -0.3 is 19.7 Å². The van der Waals surface area contributed by atoms with Crippen molar-refractivity contribution in [3.8, 4) is 0 Å². The Hall–Kier alpha value is -2.11. The first-order valence-electron chi connectivity index (χ1n) is 7.88. The van der Waals surface area contributed by atoms with Crippen LogP contribution in [0.1, 0.15) is 5.56 Å². The summed E-state index contributed by atoms with van der Waals surface area (Å²) < 4.78 is 10.8. The van der Waals surface area contributed by atoms with E-state index in [0.717, 1.165) is 0 Å². The summed E-state index contributed by atoms with van der Waals surface area (Å²) in [5, 5.41) is 5.26. The molecule has 0 radical (unpaired) electrons. The largest absolute Gasteiger partial charge is 0.383 e. The predicted molar refractivity (Wildman–Crippen MR) is 89.4 cm³/mol. The zero-order chi connectivity index (χ0) is 16.1. The number of fused-ring (bicyclic) bond motifs is 1. The van der Waals surface area contributed by atoms with Gasteiger partial charge in [0.05, 0.1) is 32.4 Å². The van der Waals surface area contributed by atoms with Crippen LogP contribution in [-0.4, -0.2) is 50.4 Å². The SMILES string of the molecule is COCCNC(=O)N1CC(OCc2cccc3ccccc23)C1. The van der Waals surface area contributed by atoms with Crippen molar-refractivity contribution >= 4 is 16.8 Å². The van der Waals surface area contributed by atoms with Gasteiger partial charge in [0.25, 0.3) is 0 Å². The lowest BCUT2D eigenvalue weighted by molar-refractivity contribution is -0.0439. The molecule has 0 bridgehead atoms. The van der Waals surface area contributed by atoms with Crippen LogP contribution < -0.4 is 5.32 Å². The molecular weight excluding hydrogens is 292 g/mol. The van der Waals surface area contributed by atoms with Gasteiger partial charge in [-0.05, 0) is 16.3 Å². The molecule has 2 amide bonds. The lowest BCUT2D eigenvalue weighted by Gasteiger charge is -2.38. The molecule has 0 saturated carbocycles. The van der Waals surface area contributed by atoms with Crippen molar-refractivity contribution in [3.63, 3.8) is 0 Å². The van der Waals surface area contributed by atoms with Crippen molar-refractivity contribution in [1.82, 2.24) is 10.2 Å². The number of carbonyl (C=O) groups is 1. The fourth-order valence-corrected chi connectivity index (χ4v) is 2.71. The first-order valence-corrected chi connectivity index (χ1v) is 7.88. The Bertz CT molecular complexity index is 663. The quantitative estimate of drug-likeness (QED) is 0.833. The second-order valence-corrected chi connectivity index (χ2v) is 5.70. The Balaban J connectivity index is 1.46. The van der Waals surface area contributed by atoms with Crippen molar-refractivity contribution in [3.05, 3.63) is 48.0 Å². The lowest BCUT2D eigenvalue weighted by atomic mass is 10.1. The van der Waals surface area contributed by atoms with E-state index < -0.39 is 0 Å². The Labute approximate surface area is 136 Å². The average Bonchev–Trinajstić information content (AvgIpc) is 2.54.